The Hall–Kier alpha value is -1.39. The molecule has 0 saturated heterocycles. The van der Waals surface area contributed by atoms with Crippen molar-refractivity contribution in [3.8, 4) is 11.6 Å². The molecule has 0 atom stereocenters. The van der Waals surface area contributed by atoms with Crippen LogP contribution in [0.4, 0.5) is 0 Å². The Morgan fingerprint density at radius 2 is 2.05 bits per heavy atom. The summed E-state index contributed by atoms with van der Waals surface area (Å²) >= 11 is 3.45. The Bertz CT molecular complexity index is 584. The third kappa shape index (κ3) is 4.32. The highest BCUT2D eigenvalue weighted by Crippen LogP contribution is 2.26. The van der Waals surface area contributed by atoms with Gasteiger partial charge in [0.05, 0.1) is 5.69 Å². The molecule has 0 fully saturated rings. The van der Waals surface area contributed by atoms with E-state index in [0.717, 1.165) is 28.0 Å². The second kappa shape index (κ2) is 6.86. The van der Waals surface area contributed by atoms with Gasteiger partial charge in [0.25, 0.3) is 0 Å². The fourth-order valence-corrected chi connectivity index (χ4v) is 2.24. The molecule has 0 amide bonds. The van der Waals surface area contributed by atoms with Gasteiger partial charge in [-0.1, -0.05) is 35.8 Å². The van der Waals surface area contributed by atoms with E-state index in [-0.39, 0.29) is 0 Å². The van der Waals surface area contributed by atoms with E-state index in [0.29, 0.717) is 11.9 Å². The quantitative estimate of drug-likeness (QED) is 0.877. The van der Waals surface area contributed by atoms with Crippen LogP contribution in [0, 0.1) is 6.92 Å². The molecule has 0 aliphatic carbocycles. The summed E-state index contributed by atoms with van der Waals surface area (Å²) in [6.45, 7) is 7.00. The van der Waals surface area contributed by atoms with Gasteiger partial charge < -0.3 is 10.1 Å². The first kappa shape index (κ1) is 15.0. The van der Waals surface area contributed by atoms with E-state index < -0.39 is 0 Å². The van der Waals surface area contributed by atoms with Gasteiger partial charge in [0.2, 0.25) is 5.88 Å². The molecular formula is C16H19BrN2O. The molecule has 2 rings (SSSR count). The molecule has 0 unspecified atom stereocenters. The highest BCUT2D eigenvalue weighted by Gasteiger charge is 2.04. The van der Waals surface area contributed by atoms with Gasteiger partial charge in [-0.15, -0.1) is 0 Å². The number of hydrogen-bond acceptors (Lipinski definition) is 3. The Morgan fingerprint density at radius 3 is 2.75 bits per heavy atom. The van der Waals surface area contributed by atoms with Crippen molar-refractivity contribution in [2.45, 2.75) is 33.4 Å². The third-order valence-corrected chi connectivity index (χ3v) is 3.32. The third-order valence-electron chi connectivity index (χ3n) is 2.82. The summed E-state index contributed by atoms with van der Waals surface area (Å²) < 4.78 is 6.90. The summed E-state index contributed by atoms with van der Waals surface area (Å²) in [4.78, 5) is 4.51. The van der Waals surface area contributed by atoms with Crippen molar-refractivity contribution < 1.29 is 4.74 Å². The Morgan fingerprint density at radius 1 is 1.25 bits per heavy atom. The second-order valence-corrected chi connectivity index (χ2v) is 5.93. The minimum atomic E-state index is 0.440. The molecule has 1 aromatic carbocycles. The number of nitrogens with zero attached hydrogens (tertiary/aromatic N) is 1. The molecule has 0 aliphatic heterocycles. The van der Waals surface area contributed by atoms with Crippen LogP contribution in [0.5, 0.6) is 11.6 Å². The predicted molar refractivity (Wildman–Crippen MR) is 85.2 cm³/mol. The van der Waals surface area contributed by atoms with E-state index in [9.17, 15) is 0 Å². The van der Waals surface area contributed by atoms with Crippen LogP contribution in [0.25, 0.3) is 0 Å². The van der Waals surface area contributed by atoms with Crippen molar-refractivity contribution >= 4 is 15.9 Å². The second-order valence-electron chi connectivity index (χ2n) is 5.01. The maximum absolute atomic E-state index is 5.85. The van der Waals surface area contributed by atoms with Gasteiger partial charge in [-0.3, -0.25) is 0 Å². The lowest BCUT2D eigenvalue weighted by molar-refractivity contribution is 0.455. The molecule has 3 nitrogen and oxygen atoms in total. The minimum absolute atomic E-state index is 0.440. The van der Waals surface area contributed by atoms with Crippen molar-refractivity contribution in [3.63, 3.8) is 0 Å². The molecule has 0 aliphatic rings. The smallest absolute Gasteiger partial charge is 0.219 e. The van der Waals surface area contributed by atoms with Crippen LogP contribution in [0.1, 0.15) is 25.1 Å². The molecule has 0 radical (unpaired) electrons. The molecule has 0 bridgehead atoms. The standard InChI is InChI=1S/C16H19BrN2O/c1-11(2)18-10-14-5-4-6-16(19-14)20-15-8-7-13(17)9-12(15)3/h4-9,11,18H,10H2,1-3H3. The van der Waals surface area contributed by atoms with Crippen LogP contribution in [0.2, 0.25) is 0 Å². The zero-order valence-electron chi connectivity index (χ0n) is 12.0. The van der Waals surface area contributed by atoms with Crippen LogP contribution < -0.4 is 10.1 Å². The normalized spacial score (nSPS) is 10.8. The SMILES string of the molecule is Cc1cc(Br)ccc1Oc1cccc(CNC(C)C)n1. The van der Waals surface area contributed by atoms with E-state index in [1.165, 1.54) is 0 Å². The number of ether oxygens (including phenoxy) is 1. The van der Waals surface area contributed by atoms with Gasteiger partial charge in [0, 0.05) is 23.1 Å². The Kier molecular flexibility index (Phi) is 5.15. The zero-order chi connectivity index (χ0) is 14.5. The largest absolute Gasteiger partial charge is 0.439 e. The lowest BCUT2D eigenvalue weighted by Gasteiger charge is -2.11. The first-order chi connectivity index (χ1) is 9.54. The van der Waals surface area contributed by atoms with Gasteiger partial charge in [0.15, 0.2) is 0 Å². The van der Waals surface area contributed by atoms with Crippen molar-refractivity contribution in [1.29, 1.82) is 0 Å². The number of aryl methyl sites for hydroxylation is 1. The average Bonchev–Trinajstić information content (AvgIpc) is 2.40. The van der Waals surface area contributed by atoms with Gasteiger partial charge in [0.1, 0.15) is 5.75 Å². The van der Waals surface area contributed by atoms with Gasteiger partial charge in [-0.05, 0) is 36.8 Å². The van der Waals surface area contributed by atoms with Crippen LogP contribution in [0.15, 0.2) is 40.9 Å². The number of pyridine rings is 1. The summed E-state index contributed by atoms with van der Waals surface area (Å²) in [6.07, 6.45) is 0. The molecule has 20 heavy (non-hydrogen) atoms. The minimum Gasteiger partial charge on any atom is -0.439 e. The summed E-state index contributed by atoms with van der Waals surface area (Å²) in [5.74, 6) is 1.45. The molecule has 0 spiro atoms. The lowest BCUT2D eigenvalue weighted by Crippen LogP contribution is -2.22. The molecule has 1 heterocycles. The van der Waals surface area contributed by atoms with Crippen LogP contribution in [-0.4, -0.2) is 11.0 Å². The first-order valence-electron chi connectivity index (χ1n) is 6.68. The summed E-state index contributed by atoms with van der Waals surface area (Å²) in [6, 6.07) is 12.2. The fourth-order valence-electron chi connectivity index (χ4n) is 1.76. The molecule has 4 heteroatoms. The van der Waals surface area contributed by atoms with E-state index in [2.05, 4.69) is 40.1 Å². The maximum Gasteiger partial charge on any atom is 0.219 e. The van der Waals surface area contributed by atoms with E-state index in [1.807, 2.05) is 43.3 Å². The number of aromatic nitrogens is 1. The monoisotopic (exact) mass is 334 g/mol. The molecule has 1 aromatic heterocycles. The van der Waals surface area contributed by atoms with Crippen LogP contribution in [-0.2, 0) is 6.54 Å². The number of halogens is 1. The van der Waals surface area contributed by atoms with Crippen LogP contribution >= 0.6 is 15.9 Å². The van der Waals surface area contributed by atoms with E-state index >= 15 is 0 Å². The zero-order valence-corrected chi connectivity index (χ0v) is 13.6. The highest BCUT2D eigenvalue weighted by molar-refractivity contribution is 9.10. The molecular weight excluding hydrogens is 316 g/mol. The molecule has 2 aromatic rings. The average molecular weight is 335 g/mol. The number of benzene rings is 1. The van der Waals surface area contributed by atoms with Gasteiger partial charge in [-0.25, -0.2) is 4.98 Å². The Labute approximate surface area is 128 Å². The predicted octanol–water partition coefficient (Wildman–Crippen LogP) is 4.44. The topological polar surface area (TPSA) is 34.1 Å². The number of hydrogen-bond donors (Lipinski definition) is 1. The van der Waals surface area contributed by atoms with Gasteiger partial charge in [-0.2, -0.15) is 0 Å². The summed E-state index contributed by atoms with van der Waals surface area (Å²) in [5, 5.41) is 3.35. The van der Waals surface area contributed by atoms with Gasteiger partial charge >= 0.3 is 0 Å². The fraction of sp³-hybridized carbons (Fsp3) is 0.312. The highest BCUT2D eigenvalue weighted by atomic mass is 79.9. The first-order valence-corrected chi connectivity index (χ1v) is 7.47. The maximum atomic E-state index is 5.85. The van der Waals surface area contributed by atoms with Crippen molar-refractivity contribution in [3.05, 3.63) is 52.1 Å². The number of rotatable bonds is 5. The van der Waals surface area contributed by atoms with E-state index in [1.54, 1.807) is 0 Å². The Balaban J connectivity index is 2.11. The number of nitrogens with one attached hydrogen (secondary N) is 1. The lowest BCUT2D eigenvalue weighted by atomic mass is 10.2. The van der Waals surface area contributed by atoms with Crippen molar-refractivity contribution in [1.82, 2.24) is 10.3 Å². The molecule has 0 saturated carbocycles. The molecule has 1 N–H and O–H groups in total. The summed E-state index contributed by atoms with van der Waals surface area (Å²) in [7, 11) is 0. The van der Waals surface area contributed by atoms with Crippen molar-refractivity contribution in [2.24, 2.45) is 0 Å². The summed E-state index contributed by atoms with van der Waals surface area (Å²) in [5.41, 5.74) is 2.05. The molecule has 106 valence electrons. The van der Waals surface area contributed by atoms with Crippen molar-refractivity contribution in [2.75, 3.05) is 0 Å². The van der Waals surface area contributed by atoms with E-state index in [4.69, 9.17) is 4.74 Å². The van der Waals surface area contributed by atoms with Crippen LogP contribution in [0.3, 0.4) is 0 Å².